The van der Waals surface area contributed by atoms with Gasteiger partial charge in [-0.1, -0.05) is 24.4 Å². The van der Waals surface area contributed by atoms with Crippen LogP contribution in [0.25, 0.3) is 11.3 Å². The standard InChI is InChI=1S/C22H19ClF3N5O/c23-14-7-13(8-15(24)10-14)19-11-20(31-30-19)28-22(27-16-3-1-2-4-16)29-21(32)12-5-6-17(25)18(26)9-12/h5-11,16H,1-4H2,(H3,27,28,29,30,31,32). The van der Waals surface area contributed by atoms with Crippen LogP contribution in [0.5, 0.6) is 0 Å². The van der Waals surface area contributed by atoms with Crippen molar-refractivity contribution in [1.82, 2.24) is 15.5 Å². The number of aliphatic imine (C=N–C) groups is 1. The minimum Gasteiger partial charge on any atom is -0.353 e. The second-order valence-corrected chi connectivity index (χ2v) is 7.91. The molecule has 32 heavy (non-hydrogen) atoms. The molecule has 166 valence electrons. The highest BCUT2D eigenvalue weighted by molar-refractivity contribution is 6.30. The number of nitrogens with zero attached hydrogens (tertiary/aromatic N) is 2. The third-order valence-corrected chi connectivity index (χ3v) is 5.29. The van der Waals surface area contributed by atoms with Gasteiger partial charge in [0, 0.05) is 28.3 Å². The second kappa shape index (κ2) is 9.44. The number of halogens is 4. The van der Waals surface area contributed by atoms with E-state index in [4.69, 9.17) is 11.6 Å². The Morgan fingerprint density at radius 2 is 1.84 bits per heavy atom. The maximum absolute atomic E-state index is 13.7. The van der Waals surface area contributed by atoms with E-state index in [1.54, 1.807) is 12.1 Å². The second-order valence-electron chi connectivity index (χ2n) is 7.47. The molecule has 10 heteroatoms. The van der Waals surface area contributed by atoms with E-state index in [1.165, 1.54) is 12.1 Å². The third kappa shape index (κ3) is 5.28. The zero-order valence-corrected chi connectivity index (χ0v) is 17.5. The minimum atomic E-state index is -1.13. The van der Waals surface area contributed by atoms with Crippen molar-refractivity contribution in [2.75, 3.05) is 5.32 Å². The van der Waals surface area contributed by atoms with E-state index in [-0.39, 0.29) is 22.6 Å². The molecule has 0 saturated heterocycles. The van der Waals surface area contributed by atoms with Crippen LogP contribution < -0.4 is 10.6 Å². The van der Waals surface area contributed by atoms with E-state index in [2.05, 4.69) is 25.8 Å². The fourth-order valence-corrected chi connectivity index (χ4v) is 3.74. The molecule has 0 radical (unpaired) electrons. The number of hydrogen-bond donors (Lipinski definition) is 3. The zero-order valence-electron chi connectivity index (χ0n) is 16.8. The first-order valence-electron chi connectivity index (χ1n) is 10.0. The van der Waals surface area contributed by atoms with Crippen molar-refractivity contribution < 1.29 is 18.0 Å². The molecule has 1 heterocycles. The van der Waals surface area contributed by atoms with Crippen molar-refractivity contribution >= 4 is 29.3 Å². The number of H-pyrrole nitrogens is 1. The highest BCUT2D eigenvalue weighted by Gasteiger charge is 2.19. The predicted octanol–water partition coefficient (Wildman–Crippen LogP) is 5.29. The lowest BCUT2D eigenvalue weighted by Gasteiger charge is -2.15. The van der Waals surface area contributed by atoms with Crippen molar-refractivity contribution in [3.05, 3.63) is 70.5 Å². The fourth-order valence-electron chi connectivity index (χ4n) is 3.52. The van der Waals surface area contributed by atoms with Crippen LogP contribution in [0.2, 0.25) is 5.02 Å². The summed E-state index contributed by atoms with van der Waals surface area (Å²) in [7, 11) is 0. The quantitative estimate of drug-likeness (QED) is 0.364. The molecule has 1 amide bonds. The zero-order chi connectivity index (χ0) is 22.7. The highest BCUT2D eigenvalue weighted by atomic mass is 35.5. The van der Waals surface area contributed by atoms with Gasteiger partial charge in [0.15, 0.2) is 17.5 Å². The third-order valence-electron chi connectivity index (χ3n) is 5.07. The number of nitrogens with one attached hydrogen (secondary N) is 3. The van der Waals surface area contributed by atoms with Crippen LogP contribution in [0.1, 0.15) is 36.0 Å². The van der Waals surface area contributed by atoms with Crippen LogP contribution in [0.3, 0.4) is 0 Å². The number of amides is 1. The van der Waals surface area contributed by atoms with Crippen LogP contribution in [0.15, 0.2) is 47.5 Å². The SMILES string of the molecule is O=C(/N=C(\Nc1cc(-c2cc(F)cc(Cl)c2)[nH]n1)NC1CCCC1)c1ccc(F)c(F)c1. The van der Waals surface area contributed by atoms with Crippen LogP contribution >= 0.6 is 11.6 Å². The Morgan fingerprint density at radius 3 is 2.56 bits per heavy atom. The van der Waals surface area contributed by atoms with Crippen molar-refractivity contribution in [2.24, 2.45) is 4.99 Å². The number of rotatable bonds is 4. The van der Waals surface area contributed by atoms with E-state index in [9.17, 15) is 18.0 Å². The normalized spacial score (nSPS) is 14.6. The van der Waals surface area contributed by atoms with Crippen molar-refractivity contribution in [3.8, 4) is 11.3 Å². The molecular formula is C22H19ClF3N5O. The predicted molar refractivity (Wildman–Crippen MR) is 116 cm³/mol. The largest absolute Gasteiger partial charge is 0.353 e. The van der Waals surface area contributed by atoms with E-state index in [1.807, 2.05) is 0 Å². The average Bonchev–Trinajstić information content (AvgIpc) is 3.41. The van der Waals surface area contributed by atoms with Gasteiger partial charge in [0.2, 0.25) is 5.96 Å². The number of benzene rings is 2. The molecule has 1 aromatic heterocycles. The molecular weight excluding hydrogens is 443 g/mol. The molecule has 0 atom stereocenters. The summed E-state index contributed by atoms with van der Waals surface area (Å²) in [5, 5.41) is 13.3. The summed E-state index contributed by atoms with van der Waals surface area (Å²) in [5.41, 5.74) is 0.908. The number of aromatic nitrogens is 2. The first-order valence-corrected chi connectivity index (χ1v) is 10.4. The van der Waals surface area contributed by atoms with Gasteiger partial charge in [-0.3, -0.25) is 9.89 Å². The van der Waals surface area contributed by atoms with Gasteiger partial charge in [0.1, 0.15) is 5.82 Å². The van der Waals surface area contributed by atoms with Gasteiger partial charge in [-0.15, -0.1) is 0 Å². The summed E-state index contributed by atoms with van der Waals surface area (Å²) >= 11 is 5.92. The maximum atomic E-state index is 13.7. The summed E-state index contributed by atoms with van der Waals surface area (Å²) in [4.78, 5) is 16.6. The van der Waals surface area contributed by atoms with Gasteiger partial charge in [-0.05, 0) is 49.2 Å². The van der Waals surface area contributed by atoms with Gasteiger partial charge >= 0.3 is 0 Å². The Bertz CT molecular complexity index is 1150. The highest BCUT2D eigenvalue weighted by Crippen LogP contribution is 2.25. The average molecular weight is 462 g/mol. The van der Waals surface area contributed by atoms with Crippen molar-refractivity contribution in [3.63, 3.8) is 0 Å². The fraction of sp³-hybridized carbons (Fsp3) is 0.227. The maximum Gasteiger partial charge on any atom is 0.280 e. The number of aromatic amines is 1. The number of hydrogen-bond acceptors (Lipinski definition) is 2. The molecule has 0 unspecified atom stereocenters. The Hall–Kier alpha value is -3.33. The number of guanidine groups is 1. The molecule has 1 aliphatic carbocycles. The smallest absolute Gasteiger partial charge is 0.280 e. The van der Waals surface area contributed by atoms with Crippen LogP contribution in [0, 0.1) is 17.5 Å². The number of anilines is 1. The number of carbonyl (C=O) groups is 1. The van der Waals surface area contributed by atoms with Gasteiger partial charge in [-0.25, -0.2) is 13.2 Å². The lowest BCUT2D eigenvalue weighted by molar-refractivity contribution is 0.100. The molecule has 3 N–H and O–H groups in total. The summed E-state index contributed by atoms with van der Waals surface area (Å²) in [5.74, 6) is -2.96. The van der Waals surface area contributed by atoms with E-state index in [0.717, 1.165) is 43.9 Å². The first-order chi connectivity index (χ1) is 15.4. The van der Waals surface area contributed by atoms with Crippen LogP contribution in [0.4, 0.5) is 19.0 Å². The molecule has 1 fully saturated rings. The van der Waals surface area contributed by atoms with Crippen molar-refractivity contribution in [2.45, 2.75) is 31.7 Å². The first kappa shape index (κ1) is 21.9. The van der Waals surface area contributed by atoms with Crippen molar-refractivity contribution in [1.29, 1.82) is 0 Å². The summed E-state index contributed by atoms with van der Waals surface area (Å²) in [6, 6.07) is 8.65. The lowest BCUT2D eigenvalue weighted by Crippen LogP contribution is -2.38. The van der Waals surface area contributed by atoms with E-state index < -0.39 is 23.4 Å². The minimum absolute atomic E-state index is 0.0893. The molecule has 0 spiro atoms. The van der Waals surface area contributed by atoms with Gasteiger partial charge < -0.3 is 10.6 Å². The van der Waals surface area contributed by atoms with E-state index >= 15 is 0 Å². The topological polar surface area (TPSA) is 82.2 Å². The Morgan fingerprint density at radius 1 is 1.06 bits per heavy atom. The molecule has 4 rings (SSSR count). The molecule has 0 bridgehead atoms. The van der Waals surface area contributed by atoms with Gasteiger partial charge in [0.05, 0.1) is 5.69 Å². The molecule has 1 saturated carbocycles. The molecule has 3 aromatic rings. The molecule has 2 aromatic carbocycles. The van der Waals surface area contributed by atoms with E-state index in [0.29, 0.717) is 17.1 Å². The Labute approximate surface area is 186 Å². The molecule has 1 aliphatic rings. The Kier molecular flexibility index (Phi) is 6.45. The Balaban J connectivity index is 1.58. The summed E-state index contributed by atoms with van der Waals surface area (Å²) < 4.78 is 40.4. The number of carbonyl (C=O) groups excluding carboxylic acids is 1. The monoisotopic (exact) mass is 461 g/mol. The van der Waals surface area contributed by atoms with Crippen LogP contribution in [-0.4, -0.2) is 28.1 Å². The van der Waals surface area contributed by atoms with Gasteiger partial charge in [0.25, 0.3) is 5.91 Å². The van der Waals surface area contributed by atoms with Gasteiger partial charge in [-0.2, -0.15) is 10.1 Å². The summed E-state index contributed by atoms with van der Waals surface area (Å²) in [6.45, 7) is 0. The summed E-state index contributed by atoms with van der Waals surface area (Å²) in [6.07, 6.45) is 3.92. The van der Waals surface area contributed by atoms with Crippen LogP contribution in [-0.2, 0) is 0 Å². The molecule has 0 aliphatic heterocycles. The molecule has 6 nitrogen and oxygen atoms in total. The lowest BCUT2D eigenvalue weighted by atomic mass is 10.1.